The van der Waals surface area contributed by atoms with Crippen LogP contribution in [0.1, 0.15) is 11.4 Å². The lowest BCUT2D eigenvalue weighted by atomic mass is 10.2. The Morgan fingerprint density at radius 1 is 1.33 bits per heavy atom. The molecule has 2 rings (SSSR count). The molecule has 2 aromatic rings. The fourth-order valence-electron chi connectivity index (χ4n) is 1.94. The molecule has 0 saturated heterocycles. The number of nitrogens with zero attached hydrogens (tertiary/aromatic N) is 3. The maximum Gasteiger partial charge on any atom is 0.243 e. The molecule has 5 heteroatoms. The fourth-order valence-corrected chi connectivity index (χ4v) is 1.94. The van der Waals surface area contributed by atoms with Crippen molar-refractivity contribution in [1.29, 1.82) is 0 Å². The summed E-state index contributed by atoms with van der Waals surface area (Å²) in [4.78, 5) is 17.6. The Balaban J connectivity index is 2.11. The zero-order valence-corrected chi connectivity index (χ0v) is 12.6. The summed E-state index contributed by atoms with van der Waals surface area (Å²) in [7, 11) is 5.64. The molecule has 0 aliphatic heterocycles. The molecule has 0 aliphatic carbocycles. The molecular weight excluding hydrogens is 264 g/mol. The topological polar surface area (TPSA) is 50.2 Å². The van der Waals surface area contributed by atoms with Crippen LogP contribution in [0.25, 0.3) is 6.08 Å². The van der Waals surface area contributed by atoms with Gasteiger partial charge in [0.1, 0.15) is 5.82 Å². The molecule has 0 bridgehead atoms. The quantitative estimate of drug-likeness (QED) is 0.851. The van der Waals surface area contributed by atoms with Gasteiger partial charge in [0.15, 0.2) is 0 Å². The number of imidazole rings is 1. The van der Waals surface area contributed by atoms with E-state index in [4.69, 9.17) is 0 Å². The van der Waals surface area contributed by atoms with Crippen molar-refractivity contribution in [3.63, 3.8) is 0 Å². The van der Waals surface area contributed by atoms with Crippen LogP contribution in [0.5, 0.6) is 0 Å². The first-order valence-electron chi connectivity index (χ1n) is 6.77. The standard InChI is InChI=1S/C16H20N4O/c1-17-16(21)9-8-15-18-10-11-20(15)12-13-4-6-14(7-5-13)19(2)3/h4-11H,12H2,1-3H3,(H,17,21)/b9-8+. The first kappa shape index (κ1) is 14.8. The van der Waals surface area contributed by atoms with Gasteiger partial charge >= 0.3 is 0 Å². The van der Waals surface area contributed by atoms with Crippen molar-refractivity contribution in [3.8, 4) is 0 Å². The van der Waals surface area contributed by atoms with E-state index in [1.807, 2.05) is 24.9 Å². The second-order valence-electron chi connectivity index (χ2n) is 4.92. The normalized spacial score (nSPS) is 10.8. The van der Waals surface area contributed by atoms with Gasteiger partial charge in [0.05, 0.1) is 0 Å². The van der Waals surface area contributed by atoms with Crippen LogP contribution < -0.4 is 10.2 Å². The molecule has 0 unspecified atom stereocenters. The van der Waals surface area contributed by atoms with Crippen LogP contribution in [0.4, 0.5) is 5.69 Å². The van der Waals surface area contributed by atoms with Gasteiger partial charge in [-0.2, -0.15) is 0 Å². The molecule has 1 N–H and O–H groups in total. The minimum absolute atomic E-state index is 0.139. The van der Waals surface area contributed by atoms with Gasteiger partial charge in [-0.15, -0.1) is 0 Å². The van der Waals surface area contributed by atoms with Gasteiger partial charge in [-0.1, -0.05) is 12.1 Å². The zero-order valence-electron chi connectivity index (χ0n) is 12.6. The van der Waals surface area contributed by atoms with Crippen LogP contribution >= 0.6 is 0 Å². The van der Waals surface area contributed by atoms with Crippen molar-refractivity contribution in [2.45, 2.75) is 6.54 Å². The van der Waals surface area contributed by atoms with Gasteiger partial charge in [-0.3, -0.25) is 4.79 Å². The lowest BCUT2D eigenvalue weighted by molar-refractivity contribution is -0.115. The zero-order chi connectivity index (χ0) is 15.2. The van der Waals surface area contributed by atoms with E-state index in [1.165, 1.54) is 17.3 Å². The first-order chi connectivity index (χ1) is 10.1. The van der Waals surface area contributed by atoms with Gasteiger partial charge in [0, 0.05) is 51.8 Å². The Labute approximate surface area is 124 Å². The first-order valence-corrected chi connectivity index (χ1v) is 6.77. The van der Waals surface area contributed by atoms with E-state index in [-0.39, 0.29) is 5.91 Å². The molecule has 0 radical (unpaired) electrons. The predicted octanol–water partition coefficient (Wildman–Crippen LogP) is 1.76. The second-order valence-corrected chi connectivity index (χ2v) is 4.92. The summed E-state index contributed by atoms with van der Waals surface area (Å²) in [6.07, 6.45) is 6.84. The smallest absolute Gasteiger partial charge is 0.243 e. The van der Waals surface area contributed by atoms with Gasteiger partial charge in [0.2, 0.25) is 5.91 Å². The molecule has 1 amide bonds. The number of benzene rings is 1. The highest BCUT2D eigenvalue weighted by Gasteiger charge is 2.02. The second kappa shape index (κ2) is 6.74. The van der Waals surface area contributed by atoms with Crippen molar-refractivity contribution in [3.05, 3.63) is 54.1 Å². The van der Waals surface area contributed by atoms with Crippen LogP contribution in [-0.4, -0.2) is 36.6 Å². The number of rotatable bonds is 5. The van der Waals surface area contributed by atoms with Crippen LogP contribution in [0.3, 0.4) is 0 Å². The molecule has 0 saturated carbocycles. The SMILES string of the molecule is CNC(=O)/C=C/c1nccn1Cc1ccc(N(C)C)cc1. The van der Waals surface area contributed by atoms with E-state index >= 15 is 0 Å². The molecule has 21 heavy (non-hydrogen) atoms. The summed E-state index contributed by atoms with van der Waals surface area (Å²) in [6, 6.07) is 8.38. The summed E-state index contributed by atoms with van der Waals surface area (Å²) >= 11 is 0. The number of carbonyl (C=O) groups is 1. The Kier molecular flexibility index (Phi) is 4.77. The highest BCUT2D eigenvalue weighted by atomic mass is 16.1. The minimum atomic E-state index is -0.139. The van der Waals surface area contributed by atoms with Crippen molar-refractivity contribution >= 4 is 17.7 Å². The molecule has 0 spiro atoms. The highest BCUT2D eigenvalue weighted by molar-refractivity contribution is 5.91. The van der Waals surface area contributed by atoms with Crippen molar-refractivity contribution in [2.75, 3.05) is 26.0 Å². The van der Waals surface area contributed by atoms with Crippen LogP contribution in [0, 0.1) is 0 Å². The van der Waals surface area contributed by atoms with Crippen molar-refractivity contribution < 1.29 is 4.79 Å². The summed E-state index contributed by atoms with van der Waals surface area (Å²) in [5.74, 6) is 0.621. The number of hydrogen-bond acceptors (Lipinski definition) is 3. The van der Waals surface area contributed by atoms with Crippen LogP contribution in [-0.2, 0) is 11.3 Å². The minimum Gasteiger partial charge on any atom is -0.378 e. The molecule has 1 aromatic heterocycles. The largest absolute Gasteiger partial charge is 0.378 e. The van der Waals surface area contributed by atoms with Crippen LogP contribution in [0.15, 0.2) is 42.7 Å². The maximum absolute atomic E-state index is 11.2. The van der Waals surface area contributed by atoms with E-state index < -0.39 is 0 Å². The number of nitrogens with one attached hydrogen (secondary N) is 1. The fraction of sp³-hybridized carbons (Fsp3) is 0.250. The van der Waals surface area contributed by atoms with E-state index in [1.54, 1.807) is 19.3 Å². The van der Waals surface area contributed by atoms with E-state index in [0.29, 0.717) is 0 Å². The number of hydrogen-bond donors (Lipinski definition) is 1. The molecule has 1 heterocycles. The molecule has 110 valence electrons. The molecule has 0 atom stereocenters. The molecule has 5 nitrogen and oxygen atoms in total. The van der Waals surface area contributed by atoms with E-state index in [9.17, 15) is 4.79 Å². The Morgan fingerprint density at radius 2 is 2.05 bits per heavy atom. The number of aromatic nitrogens is 2. The van der Waals surface area contributed by atoms with E-state index in [2.05, 4.69) is 39.5 Å². The average Bonchev–Trinajstić information content (AvgIpc) is 2.92. The number of anilines is 1. The third kappa shape index (κ3) is 3.95. The summed E-state index contributed by atoms with van der Waals surface area (Å²) < 4.78 is 2.00. The van der Waals surface area contributed by atoms with Crippen molar-refractivity contribution in [2.24, 2.45) is 0 Å². The molecule has 1 aromatic carbocycles. The van der Waals surface area contributed by atoms with Gasteiger partial charge in [0.25, 0.3) is 0 Å². The summed E-state index contributed by atoms with van der Waals surface area (Å²) in [5.41, 5.74) is 2.36. The van der Waals surface area contributed by atoms with Crippen LogP contribution in [0.2, 0.25) is 0 Å². The summed E-state index contributed by atoms with van der Waals surface area (Å²) in [6.45, 7) is 0.723. The summed E-state index contributed by atoms with van der Waals surface area (Å²) in [5, 5.41) is 2.55. The van der Waals surface area contributed by atoms with Gasteiger partial charge in [-0.05, 0) is 23.8 Å². The Morgan fingerprint density at radius 3 is 2.67 bits per heavy atom. The lowest BCUT2D eigenvalue weighted by Crippen LogP contribution is -2.14. The maximum atomic E-state index is 11.2. The third-order valence-electron chi connectivity index (χ3n) is 3.18. The van der Waals surface area contributed by atoms with E-state index in [0.717, 1.165) is 12.4 Å². The highest BCUT2D eigenvalue weighted by Crippen LogP contribution is 2.14. The predicted molar refractivity (Wildman–Crippen MR) is 85.2 cm³/mol. The third-order valence-corrected chi connectivity index (χ3v) is 3.18. The monoisotopic (exact) mass is 284 g/mol. The average molecular weight is 284 g/mol. The Bertz CT molecular complexity index is 626. The molecule has 0 aliphatic rings. The van der Waals surface area contributed by atoms with Crippen molar-refractivity contribution in [1.82, 2.24) is 14.9 Å². The number of likely N-dealkylation sites (N-methyl/N-ethyl adjacent to an activating group) is 1. The van der Waals surface area contributed by atoms with Gasteiger partial charge in [-0.25, -0.2) is 4.98 Å². The van der Waals surface area contributed by atoms with Gasteiger partial charge < -0.3 is 14.8 Å². The molecular formula is C16H20N4O. The Hall–Kier alpha value is -2.56. The number of carbonyl (C=O) groups excluding carboxylic acids is 1. The molecule has 0 fully saturated rings. The number of amides is 1. The lowest BCUT2D eigenvalue weighted by Gasteiger charge is -2.13.